The van der Waals surface area contributed by atoms with Gasteiger partial charge in [0.15, 0.2) is 0 Å². The molecule has 0 aromatic rings. The number of likely N-dealkylation sites (N-methyl/N-ethyl adjacent to an activating group) is 1. The molecule has 0 rings (SSSR count). The molecule has 0 saturated heterocycles. The van der Waals surface area contributed by atoms with Crippen LogP contribution in [-0.2, 0) is 18.4 Å². The fraction of sp³-hybridized carbons (Fsp3) is 0.702. The Hall–Kier alpha value is -2.58. The third-order valence-electron chi connectivity index (χ3n) is 11.2. The quantitative estimate of drug-likeness (QED) is 0.0272. The van der Waals surface area contributed by atoms with Crippen LogP contribution in [0.3, 0.4) is 0 Å². The number of unbranched alkanes of at least 4 members (excludes halogenated alkanes) is 20. The van der Waals surface area contributed by atoms with Gasteiger partial charge in [0.05, 0.1) is 39.9 Å². The smallest absolute Gasteiger partial charge is 0.268 e. The van der Waals surface area contributed by atoms with Crippen LogP contribution in [0, 0.1) is 0 Å². The van der Waals surface area contributed by atoms with E-state index in [0.717, 1.165) is 83.5 Å². The third kappa shape index (κ3) is 49.3. The summed E-state index contributed by atoms with van der Waals surface area (Å²) in [7, 11) is 1.22. The average molecular weight is 941 g/mol. The van der Waals surface area contributed by atoms with Crippen LogP contribution in [0.4, 0.5) is 0 Å². The maximum Gasteiger partial charge on any atom is 0.268 e. The minimum absolute atomic E-state index is 0.0123. The molecule has 0 fully saturated rings. The van der Waals surface area contributed by atoms with E-state index in [2.05, 4.69) is 104 Å². The molecule has 0 aliphatic heterocycles. The summed E-state index contributed by atoms with van der Waals surface area (Å²) in [5, 5.41) is 13.8. The van der Waals surface area contributed by atoms with Crippen LogP contribution >= 0.6 is 7.82 Å². The lowest BCUT2D eigenvalue weighted by molar-refractivity contribution is -0.870. The predicted molar refractivity (Wildman–Crippen MR) is 283 cm³/mol. The van der Waals surface area contributed by atoms with Crippen LogP contribution < -0.4 is 10.2 Å². The molecule has 9 heteroatoms. The molecule has 0 aliphatic carbocycles. The highest BCUT2D eigenvalue weighted by atomic mass is 31.2. The van der Waals surface area contributed by atoms with Crippen molar-refractivity contribution in [1.29, 1.82) is 0 Å². The second-order valence-electron chi connectivity index (χ2n) is 18.8. The standard InChI is InChI=1S/C57H101N2O6P/c1-6-8-10-12-14-16-18-19-20-21-22-23-24-25-26-27-28-29-30-31-32-33-34-35-36-37-38-39-41-43-45-47-49-51-57(61)58-55(54-65-66(62,63)64-53-52-59(3,4)5)56(60)50-48-46-44-42-40-17-15-13-11-9-7-2/h8,10-11,13-14,16,19-20,22-23,25-26,40,42,48,50,55-56,60H,6-7,9,12,15,17-18,21,24,27-39,41,43-47,49,51-54H2,1-5H3,(H-,58,61,62,63)/b10-8-,13-11+,16-14-,20-19-,23-22-,26-25-,42-40+,50-48+. The van der Waals surface area contributed by atoms with Crippen molar-refractivity contribution in [3.8, 4) is 0 Å². The molecule has 0 aliphatic rings. The summed E-state index contributed by atoms with van der Waals surface area (Å²) in [4.78, 5) is 25.4. The Morgan fingerprint density at radius 3 is 1.39 bits per heavy atom. The van der Waals surface area contributed by atoms with Gasteiger partial charge in [-0.05, 0) is 83.5 Å². The first-order valence-electron chi connectivity index (χ1n) is 26.6. The third-order valence-corrected chi connectivity index (χ3v) is 12.2. The normalized spacial score (nSPS) is 14.8. The van der Waals surface area contributed by atoms with E-state index >= 15 is 0 Å². The Morgan fingerprint density at radius 2 is 0.939 bits per heavy atom. The van der Waals surface area contributed by atoms with Gasteiger partial charge in [0.2, 0.25) is 5.91 Å². The summed E-state index contributed by atoms with van der Waals surface area (Å²) in [5.74, 6) is -0.216. The fourth-order valence-corrected chi connectivity index (χ4v) is 7.82. The Bertz CT molecular complexity index is 1390. The molecule has 8 nitrogen and oxygen atoms in total. The SMILES string of the molecule is CC/C=C\C/C=C\C/C=C\C/C=C\C/C=C\CCCCCCCCCCCCCCCCCCCC(=O)NC(COP(=O)([O-])OCC[N+](C)(C)C)C(O)/C=C/CC/C=C/CC/C=C/CCC. The lowest BCUT2D eigenvalue weighted by atomic mass is 10.0. The number of quaternary nitrogens is 1. The summed E-state index contributed by atoms with van der Waals surface area (Å²) in [6.07, 6.45) is 67.8. The van der Waals surface area contributed by atoms with Crippen molar-refractivity contribution in [3.05, 3.63) is 97.2 Å². The summed E-state index contributed by atoms with van der Waals surface area (Å²) in [5.41, 5.74) is 0. The Labute approximate surface area is 407 Å². The first-order chi connectivity index (χ1) is 32.0. The lowest BCUT2D eigenvalue weighted by Gasteiger charge is -2.29. The zero-order valence-electron chi connectivity index (χ0n) is 43.1. The Kier molecular flexibility index (Phi) is 45.6. The molecule has 0 spiro atoms. The molecule has 0 bridgehead atoms. The van der Waals surface area contributed by atoms with Gasteiger partial charge in [-0.3, -0.25) is 9.36 Å². The van der Waals surface area contributed by atoms with Crippen LogP contribution in [0.1, 0.15) is 206 Å². The maximum absolute atomic E-state index is 12.9. The fourth-order valence-electron chi connectivity index (χ4n) is 7.10. The highest BCUT2D eigenvalue weighted by molar-refractivity contribution is 7.45. The second-order valence-corrected chi connectivity index (χ2v) is 20.2. The average Bonchev–Trinajstić information content (AvgIpc) is 3.28. The molecule has 3 unspecified atom stereocenters. The van der Waals surface area contributed by atoms with Gasteiger partial charge in [0.25, 0.3) is 7.82 Å². The van der Waals surface area contributed by atoms with Crippen molar-refractivity contribution in [2.24, 2.45) is 0 Å². The number of aliphatic hydroxyl groups excluding tert-OH is 1. The van der Waals surface area contributed by atoms with Crippen molar-refractivity contribution in [1.82, 2.24) is 5.32 Å². The van der Waals surface area contributed by atoms with Crippen molar-refractivity contribution in [3.63, 3.8) is 0 Å². The largest absolute Gasteiger partial charge is 0.756 e. The number of nitrogens with zero attached hydrogens (tertiary/aromatic N) is 1. The van der Waals surface area contributed by atoms with Gasteiger partial charge in [0.1, 0.15) is 13.2 Å². The van der Waals surface area contributed by atoms with Crippen LogP contribution in [-0.4, -0.2) is 68.5 Å². The molecular formula is C57H101N2O6P. The monoisotopic (exact) mass is 941 g/mol. The van der Waals surface area contributed by atoms with Gasteiger partial charge < -0.3 is 28.8 Å². The molecule has 3 atom stereocenters. The first kappa shape index (κ1) is 63.4. The van der Waals surface area contributed by atoms with E-state index in [0.29, 0.717) is 17.4 Å². The van der Waals surface area contributed by atoms with Crippen LogP contribution in [0.25, 0.3) is 0 Å². The highest BCUT2D eigenvalue weighted by Crippen LogP contribution is 2.38. The summed E-state index contributed by atoms with van der Waals surface area (Å²) in [6, 6.07) is -0.912. The molecule has 0 aromatic carbocycles. The second kappa shape index (κ2) is 47.5. The Morgan fingerprint density at radius 1 is 0.545 bits per heavy atom. The Balaban J connectivity index is 4.05. The van der Waals surface area contributed by atoms with Gasteiger partial charge in [0, 0.05) is 6.42 Å². The number of amides is 1. The number of carbonyl (C=O) groups is 1. The van der Waals surface area contributed by atoms with Crippen LogP contribution in [0.5, 0.6) is 0 Å². The number of hydrogen-bond donors (Lipinski definition) is 2. The molecule has 0 heterocycles. The number of phosphoric ester groups is 1. The van der Waals surface area contributed by atoms with Gasteiger partial charge in [-0.25, -0.2) is 0 Å². The molecular weight excluding hydrogens is 840 g/mol. The first-order valence-corrected chi connectivity index (χ1v) is 28.1. The zero-order chi connectivity index (χ0) is 48.5. The maximum atomic E-state index is 12.9. The van der Waals surface area contributed by atoms with E-state index in [1.54, 1.807) is 6.08 Å². The molecule has 66 heavy (non-hydrogen) atoms. The van der Waals surface area contributed by atoms with E-state index in [1.165, 1.54) is 103 Å². The van der Waals surface area contributed by atoms with Gasteiger partial charge >= 0.3 is 0 Å². The van der Waals surface area contributed by atoms with Crippen molar-refractivity contribution >= 4 is 13.7 Å². The lowest BCUT2D eigenvalue weighted by Crippen LogP contribution is -2.45. The number of rotatable bonds is 47. The van der Waals surface area contributed by atoms with Crippen molar-refractivity contribution in [2.75, 3.05) is 40.9 Å². The molecule has 0 saturated carbocycles. The number of phosphoric acid groups is 1. The van der Waals surface area contributed by atoms with Crippen molar-refractivity contribution in [2.45, 2.75) is 219 Å². The summed E-state index contributed by atoms with van der Waals surface area (Å²) >= 11 is 0. The number of nitrogens with one attached hydrogen (secondary N) is 1. The van der Waals surface area contributed by atoms with Gasteiger partial charge in [-0.2, -0.15) is 0 Å². The molecule has 0 radical (unpaired) electrons. The van der Waals surface area contributed by atoms with E-state index in [9.17, 15) is 19.4 Å². The summed E-state index contributed by atoms with van der Waals surface area (Å²) in [6.45, 7) is 4.41. The van der Waals surface area contributed by atoms with Crippen molar-refractivity contribution < 1.29 is 32.9 Å². The number of aliphatic hydroxyl groups is 1. The number of carbonyl (C=O) groups excluding carboxylic acids is 1. The molecule has 1 amide bonds. The summed E-state index contributed by atoms with van der Waals surface area (Å²) < 4.78 is 23.2. The molecule has 0 aromatic heterocycles. The van der Waals surface area contributed by atoms with Crippen LogP contribution in [0.2, 0.25) is 0 Å². The van der Waals surface area contributed by atoms with E-state index in [-0.39, 0.29) is 12.5 Å². The van der Waals surface area contributed by atoms with Crippen LogP contribution in [0.15, 0.2) is 97.2 Å². The minimum Gasteiger partial charge on any atom is -0.756 e. The number of allylic oxidation sites excluding steroid dienone is 15. The van der Waals surface area contributed by atoms with E-state index < -0.39 is 26.6 Å². The van der Waals surface area contributed by atoms with E-state index in [1.807, 2.05) is 27.2 Å². The molecule has 2 N–H and O–H groups in total. The number of hydrogen-bond acceptors (Lipinski definition) is 6. The van der Waals surface area contributed by atoms with Gasteiger partial charge in [-0.1, -0.05) is 214 Å². The minimum atomic E-state index is -4.60. The highest BCUT2D eigenvalue weighted by Gasteiger charge is 2.23. The topological polar surface area (TPSA) is 108 Å². The molecule has 380 valence electrons. The van der Waals surface area contributed by atoms with Gasteiger partial charge in [-0.15, -0.1) is 0 Å². The van der Waals surface area contributed by atoms with E-state index in [4.69, 9.17) is 9.05 Å². The predicted octanol–water partition coefficient (Wildman–Crippen LogP) is 15.2. The zero-order valence-corrected chi connectivity index (χ0v) is 44.0.